The van der Waals surface area contributed by atoms with Crippen molar-refractivity contribution in [2.45, 2.75) is 26.4 Å². The summed E-state index contributed by atoms with van der Waals surface area (Å²) in [6.45, 7) is 4.27. The molecule has 0 saturated heterocycles. The van der Waals surface area contributed by atoms with E-state index in [1.165, 1.54) is 0 Å². The molecule has 0 aliphatic carbocycles. The van der Waals surface area contributed by atoms with Gasteiger partial charge in [0, 0.05) is 18.4 Å². The van der Waals surface area contributed by atoms with Crippen LogP contribution in [0.1, 0.15) is 23.1 Å². The molecular weight excluding hydrogens is 232 g/mol. The van der Waals surface area contributed by atoms with E-state index in [0.29, 0.717) is 17.9 Å². The van der Waals surface area contributed by atoms with E-state index < -0.39 is 0 Å². The van der Waals surface area contributed by atoms with Crippen molar-refractivity contribution in [1.29, 1.82) is 0 Å². The van der Waals surface area contributed by atoms with Crippen molar-refractivity contribution in [3.63, 3.8) is 0 Å². The summed E-state index contributed by atoms with van der Waals surface area (Å²) in [5, 5.41) is 13.5. The normalized spacial score (nSPS) is 12.3. The lowest BCUT2D eigenvalue weighted by molar-refractivity contribution is 0.0932. The Morgan fingerprint density at radius 3 is 3.00 bits per heavy atom. The standard InChI is InChI=1S/C11H16N6O/c1-7(6-17-5-3-4-13-17)14-11(18)10-9(12)8(2)15-16-10/h3-5,7H,6,12H2,1-2H3,(H,14,18)(H,15,16). The van der Waals surface area contributed by atoms with Gasteiger partial charge in [-0.25, -0.2) is 0 Å². The molecule has 2 rings (SSSR count). The first-order chi connectivity index (χ1) is 8.58. The molecule has 1 atom stereocenters. The zero-order valence-corrected chi connectivity index (χ0v) is 10.3. The zero-order chi connectivity index (χ0) is 13.1. The van der Waals surface area contributed by atoms with E-state index in [1.54, 1.807) is 17.8 Å². The van der Waals surface area contributed by atoms with Crippen LogP contribution in [-0.4, -0.2) is 31.9 Å². The molecule has 7 heteroatoms. The molecule has 7 nitrogen and oxygen atoms in total. The molecule has 0 radical (unpaired) electrons. The molecule has 0 spiro atoms. The number of nitrogen functional groups attached to an aromatic ring is 1. The molecule has 0 saturated carbocycles. The van der Waals surface area contributed by atoms with Gasteiger partial charge in [0.1, 0.15) is 0 Å². The fraction of sp³-hybridized carbons (Fsp3) is 0.364. The Labute approximate surface area is 104 Å². The summed E-state index contributed by atoms with van der Waals surface area (Å²) < 4.78 is 1.75. The Morgan fingerprint density at radius 2 is 2.44 bits per heavy atom. The number of hydrogen-bond donors (Lipinski definition) is 3. The van der Waals surface area contributed by atoms with Gasteiger partial charge >= 0.3 is 0 Å². The molecule has 0 aliphatic rings. The SMILES string of the molecule is Cc1[nH]nc(C(=O)NC(C)Cn2cccn2)c1N. The summed E-state index contributed by atoms with van der Waals surface area (Å²) in [6.07, 6.45) is 3.54. The molecule has 96 valence electrons. The van der Waals surface area contributed by atoms with E-state index in [4.69, 9.17) is 5.73 Å². The Morgan fingerprint density at radius 1 is 1.67 bits per heavy atom. The van der Waals surface area contributed by atoms with Crippen LogP contribution in [0.5, 0.6) is 0 Å². The number of anilines is 1. The van der Waals surface area contributed by atoms with E-state index in [-0.39, 0.29) is 17.6 Å². The van der Waals surface area contributed by atoms with E-state index >= 15 is 0 Å². The number of carbonyl (C=O) groups excluding carboxylic acids is 1. The van der Waals surface area contributed by atoms with Gasteiger partial charge in [-0.05, 0) is 19.9 Å². The zero-order valence-electron chi connectivity index (χ0n) is 10.3. The predicted molar refractivity (Wildman–Crippen MR) is 66.9 cm³/mol. The first kappa shape index (κ1) is 12.2. The van der Waals surface area contributed by atoms with Crippen molar-refractivity contribution >= 4 is 11.6 Å². The lowest BCUT2D eigenvalue weighted by atomic mass is 10.2. The molecule has 0 fully saturated rings. The van der Waals surface area contributed by atoms with Crippen LogP contribution in [-0.2, 0) is 6.54 Å². The summed E-state index contributed by atoms with van der Waals surface area (Å²) in [5.41, 5.74) is 7.06. The van der Waals surface area contributed by atoms with E-state index in [9.17, 15) is 4.79 Å². The van der Waals surface area contributed by atoms with Crippen LogP contribution >= 0.6 is 0 Å². The Bertz CT molecular complexity index is 530. The van der Waals surface area contributed by atoms with Crippen LogP contribution in [0.2, 0.25) is 0 Å². The molecule has 1 amide bonds. The van der Waals surface area contributed by atoms with Crippen molar-refractivity contribution in [3.05, 3.63) is 29.8 Å². The van der Waals surface area contributed by atoms with Crippen LogP contribution in [0.15, 0.2) is 18.5 Å². The largest absolute Gasteiger partial charge is 0.395 e. The monoisotopic (exact) mass is 248 g/mol. The maximum Gasteiger partial charge on any atom is 0.274 e. The Balaban J connectivity index is 1.97. The molecule has 0 bridgehead atoms. The highest BCUT2D eigenvalue weighted by molar-refractivity contribution is 5.97. The van der Waals surface area contributed by atoms with Gasteiger partial charge in [0.25, 0.3) is 5.91 Å². The number of aromatic nitrogens is 4. The third-order valence-electron chi connectivity index (χ3n) is 2.61. The highest BCUT2D eigenvalue weighted by Gasteiger charge is 2.17. The third kappa shape index (κ3) is 2.50. The maximum atomic E-state index is 11.9. The maximum absolute atomic E-state index is 11.9. The number of rotatable bonds is 4. The second kappa shape index (κ2) is 4.91. The highest BCUT2D eigenvalue weighted by atomic mass is 16.2. The van der Waals surface area contributed by atoms with Crippen molar-refractivity contribution in [2.75, 3.05) is 5.73 Å². The molecule has 18 heavy (non-hydrogen) atoms. The minimum Gasteiger partial charge on any atom is -0.395 e. The molecule has 2 aromatic rings. The van der Waals surface area contributed by atoms with Crippen LogP contribution in [0.25, 0.3) is 0 Å². The fourth-order valence-electron chi connectivity index (χ4n) is 1.64. The quantitative estimate of drug-likeness (QED) is 0.725. The fourth-order valence-corrected chi connectivity index (χ4v) is 1.64. The smallest absolute Gasteiger partial charge is 0.274 e. The highest BCUT2D eigenvalue weighted by Crippen LogP contribution is 2.12. The average molecular weight is 248 g/mol. The number of nitrogens with two attached hydrogens (primary N) is 1. The van der Waals surface area contributed by atoms with Crippen molar-refractivity contribution in [1.82, 2.24) is 25.3 Å². The lowest BCUT2D eigenvalue weighted by Gasteiger charge is -2.13. The molecule has 2 heterocycles. The Kier molecular flexibility index (Phi) is 3.31. The first-order valence-corrected chi connectivity index (χ1v) is 5.66. The minimum atomic E-state index is -0.281. The van der Waals surface area contributed by atoms with Crippen molar-refractivity contribution in [3.8, 4) is 0 Å². The number of aromatic amines is 1. The molecule has 0 aliphatic heterocycles. The van der Waals surface area contributed by atoms with E-state index in [2.05, 4.69) is 20.6 Å². The number of nitrogens with zero attached hydrogens (tertiary/aromatic N) is 3. The van der Waals surface area contributed by atoms with Crippen molar-refractivity contribution in [2.24, 2.45) is 0 Å². The molecule has 1 unspecified atom stereocenters. The molecule has 0 aromatic carbocycles. The van der Waals surface area contributed by atoms with Gasteiger partial charge in [0.2, 0.25) is 0 Å². The minimum absolute atomic E-state index is 0.0613. The van der Waals surface area contributed by atoms with Gasteiger partial charge in [-0.3, -0.25) is 14.6 Å². The van der Waals surface area contributed by atoms with Crippen LogP contribution in [0.3, 0.4) is 0 Å². The summed E-state index contributed by atoms with van der Waals surface area (Å²) in [4.78, 5) is 11.9. The van der Waals surface area contributed by atoms with Crippen LogP contribution in [0.4, 0.5) is 5.69 Å². The predicted octanol–water partition coefficient (Wildman–Crippen LogP) is 0.315. The van der Waals surface area contributed by atoms with E-state index in [0.717, 1.165) is 0 Å². The van der Waals surface area contributed by atoms with Gasteiger partial charge in [-0.15, -0.1) is 0 Å². The second-order valence-electron chi connectivity index (χ2n) is 4.21. The Hall–Kier alpha value is -2.31. The number of aryl methyl sites for hydroxylation is 1. The van der Waals surface area contributed by atoms with Gasteiger partial charge < -0.3 is 11.1 Å². The number of hydrogen-bond acceptors (Lipinski definition) is 4. The van der Waals surface area contributed by atoms with E-state index in [1.807, 2.05) is 19.2 Å². The number of amides is 1. The summed E-state index contributed by atoms with van der Waals surface area (Å²) in [7, 11) is 0. The topological polar surface area (TPSA) is 102 Å². The third-order valence-corrected chi connectivity index (χ3v) is 2.61. The molecule has 2 aromatic heterocycles. The summed E-state index contributed by atoms with van der Waals surface area (Å²) in [5.74, 6) is -0.281. The number of nitrogens with one attached hydrogen (secondary N) is 2. The lowest BCUT2D eigenvalue weighted by Crippen LogP contribution is -2.36. The second-order valence-corrected chi connectivity index (χ2v) is 4.21. The van der Waals surface area contributed by atoms with Gasteiger partial charge in [0.15, 0.2) is 5.69 Å². The average Bonchev–Trinajstić information content (AvgIpc) is 2.91. The molecular formula is C11H16N6O. The van der Waals surface area contributed by atoms with Crippen molar-refractivity contribution < 1.29 is 4.79 Å². The first-order valence-electron chi connectivity index (χ1n) is 5.66. The number of carbonyl (C=O) groups is 1. The number of H-pyrrole nitrogens is 1. The summed E-state index contributed by atoms with van der Waals surface area (Å²) >= 11 is 0. The van der Waals surface area contributed by atoms with Gasteiger partial charge in [-0.1, -0.05) is 0 Å². The molecule has 4 N–H and O–H groups in total. The summed E-state index contributed by atoms with van der Waals surface area (Å²) in [6, 6.07) is 1.78. The van der Waals surface area contributed by atoms with Crippen LogP contribution in [0, 0.1) is 6.92 Å². The van der Waals surface area contributed by atoms with Crippen LogP contribution < -0.4 is 11.1 Å². The van der Waals surface area contributed by atoms with Gasteiger partial charge in [-0.2, -0.15) is 10.2 Å². The van der Waals surface area contributed by atoms with Gasteiger partial charge in [0.05, 0.1) is 17.9 Å².